The summed E-state index contributed by atoms with van der Waals surface area (Å²) in [6, 6.07) is 16.4. The summed E-state index contributed by atoms with van der Waals surface area (Å²) in [6.07, 6.45) is 0. The third-order valence-corrected chi connectivity index (χ3v) is 7.30. The van der Waals surface area contributed by atoms with Gasteiger partial charge in [0.15, 0.2) is 16.1 Å². The summed E-state index contributed by atoms with van der Waals surface area (Å²) in [6.45, 7) is 5.00. The molecule has 0 aliphatic carbocycles. The Hall–Kier alpha value is -2.79. The van der Waals surface area contributed by atoms with E-state index in [1.165, 1.54) is 12.1 Å². The van der Waals surface area contributed by atoms with Crippen molar-refractivity contribution in [2.75, 3.05) is 38.2 Å². The Morgan fingerprint density at radius 2 is 1.79 bits per heavy atom. The van der Waals surface area contributed by atoms with Crippen LogP contribution in [0.1, 0.15) is 5.69 Å². The van der Waals surface area contributed by atoms with Gasteiger partial charge in [-0.25, -0.2) is 9.37 Å². The molecule has 0 radical (unpaired) electrons. The van der Waals surface area contributed by atoms with E-state index in [1.54, 1.807) is 35.2 Å². The number of hydrogen-bond acceptors (Lipinski definition) is 8. The zero-order chi connectivity index (χ0) is 23.2. The number of nitrogens with zero attached hydrogens (tertiary/aromatic N) is 5. The Balaban J connectivity index is 1.30. The van der Waals surface area contributed by atoms with Gasteiger partial charge in [0.05, 0.1) is 18.9 Å². The van der Waals surface area contributed by atoms with Gasteiger partial charge in [0.1, 0.15) is 5.82 Å². The molecule has 5 rings (SSSR count). The van der Waals surface area contributed by atoms with Crippen LogP contribution in [0.5, 0.6) is 0 Å². The molecule has 0 unspecified atom stereocenters. The minimum atomic E-state index is -0.263. The van der Waals surface area contributed by atoms with Crippen LogP contribution >= 0.6 is 23.1 Å². The van der Waals surface area contributed by atoms with E-state index in [9.17, 15) is 4.39 Å². The van der Waals surface area contributed by atoms with Crippen molar-refractivity contribution in [3.8, 4) is 11.4 Å². The second kappa shape index (κ2) is 11.1. The molecule has 2 aromatic heterocycles. The molecule has 7 nitrogen and oxygen atoms in total. The van der Waals surface area contributed by atoms with Crippen LogP contribution in [0.3, 0.4) is 0 Å². The average molecular weight is 497 g/mol. The zero-order valence-electron chi connectivity index (χ0n) is 18.6. The Morgan fingerprint density at radius 1 is 1.00 bits per heavy atom. The number of rotatable bonds is 9. The molecule has 0 amide bonds. The van der Waals surface area contributed by atoms with Crippen molar-refractivity contribution in [2.24, 2.45) is 0 Å². The zero-order valence-corrected chi connectivity index (χ0v) is 20.2. The third-order valence-electron chi connectivity index (χ3n) is 5.49. The van der Waals surface area contributed by atoms with Crippen LogP contribution in [0.25, 0.3) is 11.4 Å². The lowest BCUT2D eigenvalue weighted by Crippen LogP contribution is -2.38. The van der Waals surface area contributed by atoms with Crippen LogP contribution in [0.2, 0.25) is 0 Å². The monoisotopic (exact) mass is 496 g/mol. The number of ether oxygens (including phenoxy) is 1. The van der Waals surface area contributed by atoms with Crippen molar-refractivity contribution < 1.29 is 9.13 Å². The molecule has 0 atom stereocenters. The number of nitrogens with one attached hydrogen (secondary N) is 1. The van der Waals surface area contributed by atoms with Crippen molar-refractivity contribution in [3.63, 3.8) is 0 Å². The van der Waals surface area contributed by atoms with Gasteiger partial charge in [0, 0.05) is 48.6 Å². The fourth-order valence-electron chi connectivity index (χ4n) is 3.69. The summed E-state index contributed by atoms with van der Waals surface area (Å²) in [7, 11) is 0. The Kier molecular flexibility index (Phi) is 7.49. The van der Waals surface area contributed by atoms with Gasteiger partial charge in [-0.3, -0.25) is 4.90 Å². The quantitative estimate of drug-likeness (QED) is 0.330. The predicted octanol–water partition coefficient (Wildman–Crippen LogP) is 4.91. The van der Waals surface area contributed by atoms with Crippen LogP contribution in [-0.4, -0.2) is 57.5 Å². The maximum absolute atomic E-state index is 13.5. The summed E-state index contributed by atoms with van der Waals surface area (Å²) < 4.78 is 21.1. The van der Waals surface area contributed by atoms with E-state index in [0.717, 1.165) is 72.4 Å². The molecule has 10 heteroatoms. The number of halogens is 1. The predicted molar refractivity (Wildman–Crippen MR) is 134 cm³/mol. The first-order valence-electron chi connectivity index (χ1n) is 11.1. The summed E-state index contributed by atoms with van der Waals surface area (Å²) in [5.41, 5.74) is 2.85. The third kappa shape index (κ3) is 5.82. The first kappa shape index (κ1) is 23.0. The molecule has 2 aromatic carbocycles. The van der Waals surface area contributed by atoms with E-state index >= 15 is 0 Å². The fraction of sp³-hybridized carbons (Fsp3) is 0.292. The molecule has 1 N–H and O–H groups in total. The standard InChI is InChI=1S/C24H25FN6OS2/c25-19-8-6-18(7-9-19)22-28-29-24(31(22)11-10-30-12-14-32-15-13-30)34-17-21-16-33-23(27-21)26-20-4-2-1-3-5-20/h1-9,16H,10-15,17H2,(H,26,27). The van der Waals surface area contributed by atoms with E-state index in [4.69, 9.17) is 9.72 Å². The molecule has 1 fully saturated rings. The van der Waals surface area contributed by atoms with Gasteiger partial charge in [-0.15, -0.1) is 21.5 Å². The van der Waals surface area contributed by atoms with E-state index in [1.807, 2.05) is 30.3 Å². The minimum absolute atomic E-state index is 0.263. The molecule has 0 bridgehead atoms. The SMILES string of the molecule is Fc1ccc(-c2nnc(SCc3csc(Nc4ccccc4)n3)n2CCN2CCOCC2)cc1. The maximum Gasteiger partial charge on any atom is 0.191 e. The normalized spacial score (nSPS) is 14.4. The number of morpholine rings is 1. The van der Waals surface area contributed by atoms with Crippen molar-refractivity contribution >= 4 is 33.9 Å². The highest BCUT2D eigenvalue weighted by molar-refractivity contribution is 7.98. The number of benzene rings is 2. The summed E-state index contributed by atoms with van der Waals surface area (Å²) in [5, 5.41) is 16.0. The lowest BCUT2D eigenvalue weighted by Gasteiger charge is -2.27. The number of aromatic nitrogens is 4. The van der Waals surface area contributed by atoms with Gasteiger partial charge in [-0.1, -0.05) is 30.0 Å². The van der Waals surface area contributed by atoms with Gasteiger partial charge in [0.25, 0.3) is 0 Å². The first-order chi connectivity index (χ1) is 16.7. The Labute approximate surface area is 206 Å². The van der Waals surface area contributed by atoms with Crippen molar-refractivity contribution in [1.82, 2.24) is 24.6 Å². The average Bonchev–Trinajstić information content (AvgIpc) is 3.50. The number of thioether (sulfide) groups is 1. The molecule has 176 valence electrons. The van der Waals surface area contributed by atoms with Gasteiger partial charge >= 0.3 is 0 Å². The molecular weight excluding hydrogens is 471 g/mol. The Bertz CT molecular complexity index is 1190. The lowest BCUT2D eigenvalue weighted by molar-refractivity contribution is 0.0361. The van der Waals surface area contributed by atoms with E-state index in [0.29, 0.717) is 5.75 Å². The van der Waals surface area contributed by atoms with E-state index in [2.05, 4.69) is 30.4 Å². The number of anilines is 2. The first-order valence-corrected chi connectivity index (χ1v) is 13.0. The highest BCUT2D eigenvalue weighted by Crippen LogP contribution is 2.29. The smallest absolute Gasteiger partial charge is 0.191 e. The second-order valence-electron chi connectivity index (χ2n) is 7.84. The van der Waals surface area contributed by atoms with Crippen molar-refractivity contribution in [3.05, 3.63) is 71.5 Å². The van der Waals surface area contributed by atoms with Crippen molar-refractivity contribution in [1.29, 1.82) is 0 Å². The van der Waals surface area contributed by atoms with Gasteiger partial charge < -0.3 is 14.6 Å². The maximum atomic E-state index is 13.5. The lowest BCUT2D eigenvalue weighted by atomic mass is 10.2. The molecule has 1 aliphatic heterocycles. The molecule has 1 aliphatic rings. The summed E-state index contributed by atoms with van der Waals surface area (Å²) in [5.74, 6) is 1.17. The van der Waals surface area contributed by atoms with Gasteiger partial charge in [0.2, 0.25) is 0 Å². The molecule has 34 heavy (non-hydrogen) atoms. The molecule has 4 aromatic rings. The molecule has 0 spiro atoms. The second-order valence-corrected chi connectivity index (χ2v) is 9.64. The van der Waals surface area contributed by atoms with Crippen molar-refractivity contribution in [2.45, 2.75) is 17.5 Å². The highest BCUT2D eigenvalue weighted by atomic mass is 32.2. The minimum Gasteiger partial charge on any atom is -0.379 e. The Morgan fingerprint density at radius 3 is 2.59 bits per heavy atom. The summed E-state index contributed by atoms with van der Waals surface area (Å²) in [4.78, 5) is 7.09. The highest BCUT2D eigenvalue weighted by Gasteiger charge is 2.17. The molecule has 3 heterocycles. The molecule has 1 saturated heterocycles. The largest absolute Gasteiger partial charge is 0.379 e. The van der Waals surface area contributed by atoms with Crippen LogP contribution in [-0.2, 0) is 17.0 Å². The van der Waals surface area contributed by atoms with E-state index < -0.39 is 0 Å². The number of thiazole rings is 1. The van der Waals surface area contributed by atoms with Gasteiger partial charge in [-0.05, 0) is 36.4 Å². The van der Waals surface area contributed by atoms with Crippen LogP contribution in [0.4, 0.5) is 15.2 Å². The van der Waals surface area contributed by atoms with Gasteiger partial charge in [-0.2, -0.15) is 0 Å². The number of hydrogen-bond donors (Lipinski definition) is 1. The van der Waals surface area contributed by atoms with E-state index in [-0.39, 0.29) is 5.82 Å². The molecular formula is C24H25FN6OS2. The number of para-hydroxylation sites is 1. The van der Waals surface area contributed by atoms with Crippen LogP contribution < -0.4 is 5.32 Å². The van der Waals surface area contributed by atoms with Crippen LogP contribution in [0, 0.1) is 5.82 Å². The molecule has 0 saturated carbocycles. The van der Waals surface area contributed by atoms with Crippen LogP contribution in [0.15, 0.2) is 65.1 Å². The fourth-order valence-corrected chi connectivity index (χ4v) is 5.38. The summed E-state index contributed by atoms with van der Waals surface area (Å²) >= 11 is 3.20. The topological polar surface area (TPSA) is 68.1 Å².